The van der Waals surface area contributed by atoms with Gasteiger partial charge in [-0.1, -0.05) is 78.9 Å². The van der Waals surface area contributed by atoms with E-state index in [0.717, 1.165) is 5.75 Å². The van der Waals surface area contributed by atoms with Crippen molar-refractivity contribution < 1.29 is 4.74 Å². The van der Waals surface area contributed by atoms with E-state index in [1.165, 1.54) is 16.7 Å². The van der Waals surface area contributed by atoms with E-state index in [-0.39, 0.29) is 5.92 Å². The maximum atomic E-state index is 5.57. The molecular formula is C20H18O. The third-order valence-electron chi connectivity index (χ3n) is 3.72. The Morgan fingerprint density at radius 1 is 0.619 bits per heavy atom. The van der Waals surface area contributed by atoms with E-state index in [2.05, 4.69) is 60.7 Å². The van der Waals surface area contributed by atoms with Crippen LogP contribution in [0.15, 0.2) is 84.9 Å². The lowest BCUT2D eigenvalue weighted by Crippen LogP contribution is -2.05. The van der Waals surface area contributed by atoms with Gasteiger partial charge in [0.1, 0.15) is 5.75 Å². The van der Waals surface area contributed by atoms with Crippen LogP contribution >= 0.6 is 0 Å². The number of hydrogen-bond donors (Lipinski definition) is 0. The second-order valence-corrected chi connectivity index (χ2v) is 5.00. The average Bonchev–Trinajstić information content (AvgIpc) is 2.58. The summed E-state index contributed by atoms with van der Waals surface area (Å²) in [5, 5.41) is 0. The predicted molar refractivity (Wildman–Crippen MR) is 86.8 cm³/mol. The van der Waals surface area contributed by atoms with Crippen molar-refractivity contribution in [2.24, 2.45) is 0 Å². The Kier molecular flexibility index (Phi) is 4.02. The molecule has 0 atom stereocenters. The number of hydrogen-bond acceptors (Lipinski definition) is 1. The van der Waals surface area contributed by atoms with Crippen LogP contribution in [-0.2, 0) is 0 Å². The molecule has 0 saturated heterocycles. The number of rotatable bonds is 4. The Hall–Kier alpha value is -2.54. The quantitative estimate of drug-likeness (QED) is 0.616. The van der Waals surface area contributed by atoms with Crippen molar-refractivity contribution in [3.63, 3.8) is 0 Å². The normalized spacial score (nSPS) is 10.6. The molecule has 3 rings (SSSR count). The summed E-state index contributed by atoms with van der Waals surface area (Å²) in [5.74, 6) is 1.11. The van der Waals surface area contributed by atoms with Crippen LogP contribution in [0, 0.1) is 0 Å². The maximum Gasteiger partial charge on any atom is 0.123 e. The lowest BCUT2D eigenvalue weighted by Gasteiger charge is -2.21. The summed E-state index contributed by atoms with van der Waals surface area (Å²) in [6.07, 6.45) is 0. The Morgan fingerprint density at radius 2 is 1.10 bits per heavy atom. The minimum Gasteiger partial charge on any atom is -0.496 e. The zero-order chi connectivity index (χ0) is 14.5. The fourth-order valence-electron chi connectivity index (χ4n) is 2.75. The van der Waals surface area contributed by atoms with Gasteiger partial charge in [-0.25, -0.2) is 0 Å². The van der Waals surface area contributed by atoms with Crippen LogP contribution < -0.4 is 4.74 Å². The molecule has 21 heavy (non-hydrogen) atoms. The van der Waals surface area contributed by atoms with Crippen molar-refractivity contribution in [1.82, 2.24) is 0 Å². The van der Waals surface area contributed by atoms with Crippen LogP contribution in [0.3, 0.4) is 0 Å². The van der Waals surface area contributed by atoms with Gasteiger partial charge in [0.25, 0.3) is 0 Å². The first-order valence-corrected chi connectivity index (χ1v) is 7.13. The molecule has 0 bridgehead atoms. The van der Waals surface area contributed by atoms with E-state index in [9.17, 15) is 0 Å². The Labute approximate surface area is 125 Å². The van der Waals surface area contributed by atoms with Crippen molar-refractivity contribution in [3.8, 4) is 5.75 Å². The molecule has 0 heterocycles. The monoisotopic (exact) mass is 274 g/mol. The van der Waals surface area contributed by atoms with Gasteiger partial charge in [-0.15, -0.1) is 0 Å². The lowest BCUT2D eigenvalue weighted by atomic mass is 9.85. The van der Waals surface area contributed by atoms with Crippen LogP contribution in [-0.4, -0.2) is 7.11 Å². The zero-order valence-corrected chi connectivity index (χ0v) is 12.1. The van der Waals surface area contributed by atoms with Crippen molar-refractivity contribution in [1.29, 1.82) is 0 Å². The molecule has 0 aliphatic carbocycles. The van der Waals surface area contributed by atoms with Gasteiger partial charge < -0.3 is 4.74 Å². The van der Waals surface area contributed by atoms with Crippen molar-refractivity contribution in [2.45, 2.75) is 5.92 Å². The van der Waals surface area contributed by atoms with E-state index in [1.807, 2.05) is 24.3 Å². The summed E-state index contributed by atoms with van der Waals surface area (Å²) in [5.41, 5.74) is 3.74. The number of para-hydroxylation sites is 1. The molecule has 0 aromatic heterocycles. The van der Waals surface area contributed by atoms with E-state index >= 15 is 0 Å². The number of benzene rings is 3. The molecule has 1 heteroatoms. The van der Waals surface area contributed by atoms with Crippen LogP contribution in [0.1, 0.15) is 22.6 Å². The first kappa shape index (κ1) is 13.4. The second-order valence-electron chi connectivity index (χ2n) is 5.00. The molecule has 0 N–H and O–H groups in total. The highest BCUT2D eigenvalue weighted by atomic mass is 16.5. The maximum absolute atomic E-state index is 5.57. The van der Waals surface area contributed by atoms with Gasteiger partial charge in [-0.2, -0.15) is 0 Å². The van der Waals surface area contributed by atoms with Crippen molar-refractivity contribution >= 4 is 0 Å². The van der Waals surface area contributed by atoms with Crippen LogP contribution in [0.25, 0.3) is 0 Å². The van der Waals surface area contributed by atoms with Gasteiger partial charge >= 0.3 is 0 Å². The number of ether oxygens (including phenoxy) is 1. The Balaban J connectivity index is 2.17. The van der Waals surface area contributed by atoms with E-state index in [4.69, 9.17) is 4.74 Å². The number of methoxy groups -OCH3 is 1. The molecule has 1 nitrogen and oxygen atoms in total. The minimum absolute atomic E-state index is 0.184. The van der Waals surface area contributed by atoms with Crippen LogP contribution in [0.5, 0.6) is 5.75 Å². The van der Waals surface area contributed by atoms with Crippen LogP contribution in [0.4, 0.5) is 0 Å². The summed E-state index contributed by atoms with van der Waals surface area (Å²) in [7, 11) is 1.73. The summed E-state index contributed by atoms with van der Waals surface area (Å²) in [6, 6.07) is 29.4. The third-order valence-corrected chi connectivity index (χ3v) is 3.72. The highest BCUT2D eigenvalue weighted by Gasteiger charge is 2.19. The molecule has 0 saturated carbocycles. The highest BCUT2D eigenvalue weighted by Crippen LogP contribution is 2.36. The molecule has 0 radical (unpaired) electrons. The molecule has 0 fully saturated rings. The minimum atomic E-state index is 0.184. The molecule has 0 aliphatic heterocycles. The van der Waals surface area contributed by atoms with Crippen molar-refractivity contribution in [2.75, 3.05) is 7.11 Å². The fourth-order valence-corrected chi connectivity index (χ4v) is 2.75. The summed E-state index contributed by atoms with van der Waals surface area (Å²) in [6.45, 7) is 0. The SMILES string of the molecule is COc1ccccc1C(c1ccccc1)c1ccccc1. The van der Waals surface area contributed by atoms with Gasteiger partial charge in [0.05, 0.1) is 7.11 Å². The molecular weight excluding hydrogens is 256 g/mol. The third kappa shape index (κ3) is 2.82. The van der Waals surface area contributed by atoms with E-state index < -0.39 is 0 Å². The Morgan fingerprint density at radius 3 is 1.62 bits per heavy atom. The average molecular weight is 274 g/mol. The van der Waals surface area contributed by atoms with E-state index in [1.54, 1.807) is 7.11 Å². The summed E-state index contributed by atoms with van der Waals surface area (Å²) in [4.78, 5) is 0. The van der Waals surface area contributed by atoms with Gasteiger partial charge in [-0.3, -0.25) is 0 Å². The topological polar surface area (TPSA) is 9.23 Å². The molecule has 0 amide bonds. The first-order chi connectivity index (χ1) is 10.4. The molecule has 3 aromatic carbocycles. The standard InChI is InChI=1S/C20H18O/c1-21-19-15-9-8-14-18(19)20(16-10-4-2-5-11-16)17-12-6-3-7-13-17/h2-15,20H,1H3. The Bertz CT molecular complexity index is 650. The molecule has 104 valence electrons. The highest BCUT2D eigenvalue weighted by molar-refractivity contribution is 5.48. The first-order valence-electron chi connectivity index (χ1n) is 7.13. The largest absolute Gasteiger partial charge is 0.496 e. The molecule has 0 unspecified atom stereocenters. The smallest absolute Gasteiger partial charge is 0.123 e. The zero-order valence-electron chi connectivity index (χ0n) is 12.1. The second kappa shape index (κ2) is 6.27. The van der Waals surface area contributed by atoms with Gasteiger partial charge in [-0.05, 0) is 17.2 Å². The van der Waals surface area contributed by atoms with Gasteiger partial charge in [0, 0.05) is 11.5 Å². The van der Waals surface area contributed by atoms with Gasteiger partial charge in [0.2, 0.25) is 0 Å². The summed E-state index contributed by atoms with van der Waals surface area (Å²) < 4.78 is 5.57. The van der Waals surface area contributed by atoms with Crippen LogP contribution in [0.2, 0.25) is 0 Å². The van der Waals surface area contributed by atoms with Gasteiger partial charge in [0.15, 0.2) is 0 Å². The summed E-state index contributed by atoms with van der Waals surface area (Å²) >= 11 is 0. The van der Waals surface area contributed by atoms with Crippen molar-refractivity contribution in [3.05, 3.63) is 102 Å². The van der Waals surface area contributed by atoms with E-state index in [0.29, 0.717) is 0 Å². The lowest BCUT2D eigenvalue weighted by molar-refractivity contribution is 0.409. The molecule has 0 spiro atoms. The molecule has 3 aromatic rings. The predicted octanol–water partition coefficient (Wildman–Crippen LogP) is 4.88. The fraction of sp³-hybridized carbons (Fsp3) is 0.100. The molecule has 0 aliphatic rings.